The van der Waals surface area contributed by atoms with Crippen LogP contribution in [-0.4, -0.2) is 63.3 Å². The summed E-state index contributed by atoms with van der Waals surface area (Å²) in [5, 5.41) is 49.1. The minimum Gasteiger partial charge on any atom is -0.497 e. The molecule has 2 aromatic carbocycles. The predicted octanol–water partition coefficient (Wildman–Crippen LogP) is 0.134. The Morgan fingerprint density at radius 3 is 2.35 bits per heavy atom. The first kappa shape index (κ1) is 18.6. The highest BCUT2D eigenvalue weighted by Crippen LogP contribution is 2.42. The molecule has 0 heterocycles. The third-order valence-electron chi connectivity index (χ3n) is 4.90. The van der Waals surface area contributed by atoms with Crippen molar-refractivity contribution < 1.29 is 35.0 Å². The summed E-state index contributed by atoms with van der Waals surface area (Å²) in [7, 11) is 1.59. The molecule has 1 saturated carbocycles. The molecule has 2 aromatic rings. The Hall–Kier alpha value is -2.16. The molecule has 5 atom stereocenters. The van der Waals surface area contributed by atoms with Crippen LogP contribution in [0.1, 0.15) is 0 Å². The van der Waals surface area contributed by atoms with Crippen LogP contribution >= 0.6 is 0 Å². The zero-order chi connectivity index (χ0) is 18.9. The third kappa shape index (κ3) is 3.04. The molecular formula is C19H22O7. The van der Waals surface area contributed by atoms with Crippen molar-refractivity contribution in [2.75, 3.05) is 13.7 Å². The Balaban J connectivity index is 1.73. The van der Waals surface area contributed by atoms with Gasteiger partial charge < -0.3 is 35.0 Å². The molecule has 1 aliphatic carbocycles. The quantitative estimate of drug-likeness (QED) is 0.464. The van der Waals surface area contributed by atoms with Gasteiger partial charge in [0.25, 0.3) is 0 Å². The zero-order valence-corrected chi connectivity index (χ0v) is 14.2. The molecule has 7 nitrogen and oxygen atoms in total. The van der Waals surface area contributed by atoms with Crippen LogP contribution in [0.4, 0.5) is 0 Å². The molecule has 0 amide bonds. The normalized spacial score (nSPS) is 28.9. The molecule has 26 heavy (non-hydrogen) atoms. The van der Waals surface area contributed by atoms with Gasteiger partial charge in [-0.1, -0.05) is 24.3 Å². The minimum atomic E-state index is -2.14. The van der Waals surface area contributed by atoms with Crippen LogP contribution in [0.25, 0.3) is 11.1 Å². The first-order valence-electron chi connectivity index (χ1n) is 8.20. The topological polar surface area (TPSA) is 120 Å². The second kappa shape index (κ2) is 7.22. The summed E-state index contributed by atoms with van der Waals surface area (Å²) >= 11 is 0. The second-order valence-electron chi connectivity index (χ2n) is 6.34. The summed E-state index contributed by atoms with van der Waals surface area (Å²) in [6.07, 6.45) is -4.73. The van der Waals surface area contributed by atoms with Gasteiger partial charge in [-0.3, -0.25) is 0 Å². The van der Waals surface area contributed by atoms with Crippen molar-refractivity contribution in [3.63, 3.8) is 0 Å². The van der Waals surface area contributed by atoms with Crippen LogP contribution in [-0.2, 0) is 0 Å². The molecule has 0 bridgehead atoms. The number of hydrogen-bond donors (Lipinski definition) is 5. The fourth-order valence-corrected chi connectivity index (χ4v) is 3.20. The van der Waals surface area contributed by atoms with Crippen LogP contribution in [0.5, 0.6) is 11.5 Å². The van der Waals surface area contributed by atoms with E-state index in [0.717, 1.165) is 16.9 Å². The molecule has 0 radical (unpaired) electrons. The van der Waals surface area contributed by atoms with Gasteiger partial charge in [0.05, 0.1) is 19.8 Å². The lowest BCUT2D eigenvalue weighted by atomic mass is 9.64. The van der Waals surface area contributed by atoms with E-state index in [1.165, 1.54) is 0 Å². The van der Waals surface area contributed by atoms with Crippen LogP contribution in [0.3, 0.4) is 0 Å². The Labute approximate surface area is 150 Å². The summed E-state index contributed by atoms with van der Waals surface area (Å²) in [6.45, 7) is -0.593. The maximum absolute atomic E-state index is 10.4. The second-order valence-corrected chi connectivity index (χ2v) is 6.34. The Bertz CT molecular complexity index is 748. The summed E-state index contributed by atoms with van der Waals surface area (Å²) in [6, 6.07) is 14.3. The molecule has 0 aliphatic heterocycles. The lowest BCUT2D eigenvalue weighted by Crippen LogP contribution is -2.76. The van der Waals surface area contributed by atoms with E-state index in [2.05, 4.69) is 0 Å². The summed E-state index contributed by atoms with van der Waals surface area (Å²) in [5.74, 6) is -0.0977. The Kier molecular flexibility index (Phi) is 5.17. The van der Waals surface area contributed by atoms with Gasteiger partial charge in [0, 0.05) is 5.92 Å². The first-order chi connectivity index (χ1) is 12.4. The number of rotatable bonds is 6. The number of aliphatic hydroxyl groups excluding tert-OH is 4. The zero-order valence-electron chi connectivity index (χ0n) is 14.2. The van der Waals surface area contributed by atoms with Crippen LogP contribution in [0.15, 0.2) is 48.5 Å². The van der Waals surface area contributed by atoms with Crippen LogP contribution in [0, 0.1) is 5.92 Å². The van der Waals surface area contributed by atoms with Gasteiger partial charge in [0.1, 0.15) is 17.6 Å². The number of hydrogen-bond acceptors (Lipinski definition) is 7. The van der Waals surface area contributed by atoms with Gasteiger partial charge >= 0.3 is 0 Å². The van der Waals surface area contributed by atoms with E-state index in [0.29, 0.717) is 0 Å². The highest BCUT2D eigenvalue weighted by atomic mass is 16.6. The van der Waals surface area contributed by atoms with Crippen molar-refractivity contribution in [1.29, 1.82) is 0 Å². The molecule has 0 spiro atoms. The largest absolute Gasteiger partial charge is 0.497 e. The van der Waals surface area contributed by atoms with Gasteiger partial charge in [0.2, 0.25) is 6.29 Å². The molecule has 140 valence electrons. The third-order valence-corrected chi connectivity index (χ3v) is 4.90. The molecule has 0 aromatic heterocycles. The average molecular weight is 362 g/mol. The van der Waals surface area contributed by atoms with Crippen LogP contribution < -0.4 is 9.47 Å². The number of ether oxygens (including phenoxy) is 2. The van der Waals surface area contributed by atoms with E-state index in [1.807, 2.05) is 24.3 Å². The molecule has 7 heteroatoms. The van der Waals surface area contributed by atoms with Gasteiger partial charge in [-0.25, -0.2) is 0 Å². The van der Waals surface area contributed by atoms with Gasteiger partial charge in [-0.15, -0.1) is 0 Å². The Morgan fingerprint density at radius 2 is 1.73 bits per heavy atom. The monoisotopic (exact) mass is 362 g/mol. The fraction of sp³-hybridized carbons (Fsp3) is 0.368. The maximum atomic E-state index is 10.4. The van der Waals surface area contributed by atoms with E-state index >= 15 is 0 Å². The van der Waals surface area contributed by atoms with Crippen molar-refractivity contribution in [2.24, 2.45) is 5.92 Å². The van der Waals surface area contributed by atoms with Crippen molar-refractivity contribution >= 4 is 0 Å². The molecule has 0 saturated heterocycles. The number of methoxy groups -OCH3 is 1. The van der Waals surface area contributed by atoms with Gasteiger partial charge in [-0.05, 0) is 35.4 Å². The molecule has 3 rings (SSSR count). The number of aliphatic hydroxyl groups is 5. The van der Waals surface area contributed by atoms with Crippen molar-refractivity contribution in [1.82, 2.24) is 0 Å². The smallest absolute Gasteiger partial charge is 0.229 e. The van der Waals surface area contributed by atoms with Crippen molar-refractivity contribution in [3.8, 4) is 22.6 Å². The molecule has 5 unspecified atom stereocenters. The predicted molar refractivity (Wildman–Crippen MR) is 92.6 cm³/mol. The summed E-state index contributed by atoms with van der Waals surface area (Å²) in [5.41, 5.74) is -0.302. The van der Waals surface area contributed by atoms with Crippen molar-refractivity contribution in [3.05, 3.63) is 48.5 Å². The Morgan fingerprint density at radius 1 is 1.04 bits per heavy atom. The van der Waals surface area contributed by atoms with Crippen LogP contribution in [0.2, 0.25) is 0 Å². The highest BCUT2D eigenvalue weighted by molar-refractivity contribution is 5.65. The van der Waals surface area contributed by atoms with E-state index in [4.69, 9.17) is 9.47 Å². The van der Waals surface area contributed by atoms with Gasteiger partial charge in [0.15, 0.2) is 5.60 Å². The lowest BCUT2D eigenvalue weighted by molar-refractivity contribution is -0.332. The van der Waals surface area contributed by atoms with Crippen molar-refractivity contribution in [2.45, 2.75) is 24.1 Å². The summed E-state index contributed by atoms with van der Waals surface area (Å²) in [4.78, 5) is 0. The van der Waals surface area contributed by atoms with E-state index in [-0.39, 0.29) is 5.75 Å². The summed E-state index contributed by atoms with van der Waals surface area (Å²) < 4.78 is 10.5. The van der Waals surface area contributed by atoms with E-state index in [9.17, 15) is 25.5 Å². The number of benzene rings is 2. The standard InChI is InChI=1S/C19H22O7/c1-25-14-4-2-3-12(9-14)11-5-7-13(8-6-11)26-18(23)19(24)15(10-20)16(21)17(19)22/h2-9,15-18,20-24H,10H2,1H3. The SMILES string of the molecule is COc1cccc(-c2ccc(OC(O)C3(O)C(O)C(O)C3CO)cc2)c1. The molecule has 1 aliphatic rings. The fourth-order valence-electron chi connectivity index (χ4n) is 3.20. The van der Waals surface area contributed by atoms with E-state index in [1.54, 1.807) is 31.4 Å². The molecule has 5 N–H and O–H groups in total. The molecule has 1 fully saturated rings. The first-order valence-corrected chi connectivity index (χ1v) is 8.20. The average Bonchev–Trinajstić information content (AvgIpc) is 2.68. The minimum absolute atomic E-state index is 0.267. The highest BCUT2D eigenvalue weighted by Gasteiger charge is 2.65. The van der Waals surface area contributed by atoms with E-state index < -0.39 is 36.6 Å². The lowest BCUT2D eigenvalue weighted by Gasteiger charge is -2.53. The molecular weight excluding hydrogens is 340 g/mol. The maximum Gasteiger partial charge on any atom is 0.229 e. The van der Waals surface area contributed by atoms with Gasteiger partial charge in [-0.2, -0.15) is 0 Å².